The van der Waals surface area contributed by atoms with Crippen molar-refractivity contribution < 1.29 is 9.53 Å². The summed E-state index contributed by atoms with van der Waals surface area (Å²) in [7, 11) is 0. The molecule has 7 heteroatoms. The van der Waals surface area contributed by atoms with Gasteiger partial charge in [0.15, 0.2) is 0 Å². The van der Waals surface area contributed by atoms with E-state index in [2.05, 4.69) is 60.8 Å². The summed E-state index contributed by atoms with van der Waals surface area (Å²) in [5.74, 6) is 0.479. The molecule has 0 bridgehead atoms. The van der Waals surface area contributed by atoms with E-state index in [9.17, 15) is 4.79 Å². The third kappa shape index (κ3) is 4.54. The Kier molecular flexibility index (Phi) is 6.06. The molecule has 6 nitrogen and oxygen atoms in total. The molecule has 0 radical (unpaired) electrons. The molecule has 0 saturated heterocycles. The van der Waals surface area contributed by atoms with Crippen LogP contribution in [-0.2, 0) is 4.74 Å². The number of carbonyl (C=O) groups excluding carboxylic acids is 1. The fraction of sp³-hybridized carbons (Fsp3) is 0.100. The summed E-state index contributed by atoms with van der Waals surface area (Å²) >= 11 is 3.54. The molecular weight excluding hydrogens is 528 g/mol. The number of para-hydroxylation sites is 1. The van der Waals surface area contributed by atoms with Crippen LogP contribution in [0.5, 0.6) is 0 Å². The lowest BCUT2D eigenvalue weighted by Gasteiger charge is -2.16. The van der Waals surface area contributed by atoms with Crippen molar-refractivity contribution in [2.75, 3.05) is 17.2 Å². The van der Waals surface area contributed by atoms with Crippen LogP contribution in [0.3, 0.4) is 0 Å². The molecule has 4 aromatic carbocycles. The van der Waals surface area contributed by atoms with Gasteiger partial charge in [-0.05, 0) is 68.9 Å². The van der Waals surface area contributed by atoms with Gasteiger partial charge in [0.2, 0.25) is 5.95 Å². The summed E-state index contributed by atoms with van der Waals surface area (Å²) in [6.45, 7) is 2.20. The number of nitrogens with one attached hydrogen (secondary N) is 2. The van der Waals surface area contributed by atoms with E-state index in [0.29, 0.717) is 11.6 Å². The maximum absolute atomic E-state index is 12.8. The molecule has 182 valence electrons. The first-order valence-electron chi connectivity index (χ1n) is 12.0. The highest BCUT2D eigenvalue weighted by Gasteiger charge is 2.29. The van der Waals surface area contributed by atoms with E-state index in [0.717, 1.165) is 26.6 Å². The minimum atomic E-state index is -0.493. The molecule has 1 aliphatic carbocycles. The van der Waals surface area contributed by atoms with E-state index in [1.165, 1.54) is 22.3 Å². The number of aryl methyl sites for hydroxylation is 1. The van der Waals surface area contributed by atoms with E-state index in [1.807, 2.05) is 67.6 Å². The van der Waals surface area contributed by atoms with Gasteiger partial charge in [0, 0.05) is 33.3 Å². The smallest absolute Gasteiger partial charge is 0.411 e. The highest BCUT2D eigenvalue weighted by molar-refractivity contribution is 9.10. The lowest BCUT2D eigenvalue weighted by molar-refractivity contribution is 0.158. The van der Waals surface area contributed by atoms with Gasteiger partial charge < -0.3 is 10.1 Å². The molecule has 0 spiro atoms. The third-order valence-corrected chi connectivity index (χ3v) is 7.28. The molecule has 5 aromatic rings. The number of halogens is 1. The van der Waals surface area contributed by atoms with Crippen molar-refractivity contribution >= 4 is 50.2 Å². The summed E-state index contributed by atoms with van der Waals surface area (Å²) in [4.78, 5) is 21.8. The number of rotatable bonds is 5. The number of hydrogen-bond acceptors (Lipinski definition) is 5. The lowest BCUT2D eigenvalue weighted by atomic mass is 9.98. The zero-order valence-corrected chi connectivity index (χ0v) is 21.6. The topological polar surface area (TPSA) is 76.1 Å². The number of aromatic nitrogens is 2. The second kappa shape index (κ2) is 9.67. The number of amides is 1. The molecule has 0 aliphatic heterocycles. The normalized spacial score (nSPS) is 12.2. The lowest BCUT2D eigenvalue weighted by Crippen LogP contribution is -2.18. The van der Waals surface area contributed by atoms with E-state index < -0.39 is 6.09 Å². The van der Waals surface area contributed by atoms with Crippen LogP contribution < -0.4 is 10.6 Å². The van der Waals surface area contributed by atoms with Crippen LogP contribution in [0, 0.1) is 6.92 Å². The minimum Gasteiger partial charge on any atom is -0.448 e. The summed E-state index contributed by atoms with van der Waals surface area (Å²) in [5.41, 5.74) is 7.91. The quantitative estimate of drug-likeness (QED) is 0.233. The van der Waals surface area contributed by atoms with Crippen LogP contribution in [0.15, 0.2) is 95.6 Å². The molecule has 0 fully saturated rings. The van der Waals surface area contributed by atoms with E-state index in [-0.39, 0.29) is 12.5 Å². The molecule has 0 saturated carbocycles. The van der Waals surface area contributed by atoms with Crippen molar-refractivity contribution in [2.45, 2.75) is 12.8 Å². The maximum atomic E-state index is 12.8. The van der Waals surface area contributed by atoms with E-state index in [1.54, 1.807) is 6.20 Å². The number of nitrogens with zero attached hydrogens (tertiary/aromatic N) is 2. The molecular formula is C30H23BrN4O2. The standard InChI is InChI=1S/C30H23BrN4O2/c1-18-13-14-20(33-29-32-16-19-7-6-12-26(31)28(19)35-29)15-27(18)34-30(36)37-17-25-23-10-4-2-8-21(23)22-9-3-5-11-24(22)25/h2-16,25H,17H2,1H3,(H,34,36)(H,32,33,35). The molecule has 6 rings (SSSR count). The predicted octanol–water partition coefficient (Wildman–Crippen LogP) is 7.81. The van der Waals surface area contributed by atoms with Gasteiger partial charge in [-0.1, -0.05) is 66.7 Å². The van der Waals surface area contributed by atoms with E-state index in [4.69, 9.17) is 4.74 Å². The fourth-order valence-electron chi connectivity index (χ4n) is 4.79. The zero-order valence-electron chi connectivity index (χ0n) is 20.0. The largest absolute Gasteiger partial charge is 0.448 e. The van der Waals surface area contributed by atoms with Crippen molar-refractivity contribution in [2.24, 2.45) is 0 Å². The Balaban J connectivity index is 1.16. The van der Waals surface area contributed by atoms with Crippen molar-refractivity contribution in [3.05, 3.63) is 112 Å². The highest BCUT2D eigenvalue weighted by Crippen LogP contribution is 2.44. The van der Waals surface area contributed by atoms with Crippen LogP contribution in [0.2, 0.25) is 0 Å². The predicted molar refractivity (Wildman–Crippen MR) is 150 cm³/mol. The Bertz CT molecular complexity index is 1610. The van der Waals surface area contributed by atoms with Gasteiger partial charge in [-0.3, -0.25) is 5.32 Å². The summed E-state index contributed by atoms with van der Waals surface area (Å²) in [6, 6.07) is 28.1. The second-order valence-electron chi connectivity index (χ2n) is 8.98. The van der Waals surface area contributed by atoms with Crippen LogP contribution >= 0.6 is 15.9 Å². The van der Waals surface area contributed by atoms with Crippen LogP contribution in [0.25, 0.3) is 22.0 Å². The Hall–Kier alpha value is -4.23. The molecule has 2 N–H and O–H groups in total. The zero-order chi connectivity index (χ0) is 25.4. The van der Waals surface area contributed by atoms with Gasteiger partial charge in [-0.15, -0.1) is 0 Å². The number of anilines is 3. The SMILES string of the molecule is Cc1ccc(Nc2ncc3cccc(Br)c3n2)cc1NC(=O)OCC1c2ccccc2-c2ccccc21. The van der Waals surface area contributed by atoms with Gasteiger partial charge in [0.1, 0.15) is 6.61 Å². The van der Waals surface area contributed by atoms with Crippen molar-refractivity contribution in [1.29, 1.82) is 0 Å². The Morgan fingerprint density at radius 3 is 2.43 bits per heavy atom. The monoisotopic (exact) mass is 550 g/mol. The summed E-state index contributed by atoms with van der Waals surface area (Å²) < 4.78 is 6.62. The number of hydrogen-bond donors (Lipinski definition) is 2. The molecule has 1 amide bonds. The van der Waals surface area contributed by atoms with Crippen molar-refractivity contribution in [3.63, 3.8) is 0 Å². The first-order chi connectivity index (χ1) is 18.1. The van der Waals surface area contributed by atoms with Gasteiger partial charge in [-0.2, -0.15) is 0 Å². The van der Waals surface area contributed by atoms with Crippen LogP contribution in [0.1, 0.15) is 22.6 Å². The maximum Gasteiger partial charge on any atom is 0.411 e. The minimum absolute atomic E-state index is 0.0108. The van der Waals surface area contributed by atoms with Gasteiger partial charge in [-0.25, -0.2) is 14.8 Å². The van der Waals surface area contributed by atoms with Gasteiger partial charge in [0.25, 0.3) is 0 Å². The molecule has 37 heavy (non-hydrogen) atoms. The molecule has 0 atom stereocenters. The van der Waals surface area contributed by atoms with Crippen LogP contribution in [-0.4, -0.2) is 22.7 Å². The summed E-state index contributed by atoms with van der Waals surface area (Å²) in [6.07, 6.45) is 1.28. The third-order valence-electron chi connectivity index (χ3n) is 6.64. The Labute approximate surface area is 222 Å². The van der Waals surface area contributed by atoms with Crippen LogP contribution in [0.4, 0.5) is 22.1 Å². The van der Waals surface area contributed by atoms with E-state index >= 15 is 0 Å². The van der Waals surface area contributed by atoms with Gasteiger partial charge >= 0.3 is 6.09 Å². The van der Waals surface area contributed by atoms with Gasteiger partial charge in [0.05, 0.1) is 5.52 Å². The fourth-order valence-corrected chi connectivity index (χ4v) is 5.26. The second-order valence-corrected chi connectivity index (χ2v) is 9.83. The number of ether oxygens (including phenoxy) is 1. The van der Waals surface area contributed by atoms with Crippen molar-refractivity contribution in [1.82, 2.24) is 9.97 Å². The number of benzene rings is 4. The average molecular weight is 551 g/mol. The first-order valence-corrected chi connectivity index (χ1v) is 12.8. The first kappa shape index (κ1) is 23.2. The Morgan fingerprint density at radius 1 is 0.946 bits per heavy atom. The average Bonchev–Trinajstić information content (AvgIpc) is 3.23. The molecule has 1 aromatic heterocycles. The number of fused-ring (bicyclic) bond motifs is 4. The summed E-state index contributed by atoms with van der Waals surface area (Å²) in [5, 5.41) is 7.07. The molecule has 0 unspecified atom stereocenters. The number of carbonyl (C=O) groups is 1. The molecule has 1 heterocycles. The highest BCUT2D eigenvalue weighted by atomic mass is 79.9. The van der Waals surface area contributed by atoms with Crippen molar-refractivity contribution in [3.8, 4) is 11.1 Å². The Morgan fingerprint density at radius 2 is 1.68 bits per heavy atom. The molecule has 1 aliphatic rings.